The fourth-order valence-electron chi connectivity index (χ4n) is 3.69. The Kier molecular flexibility index (Phi) is 4.76. The molecule has 6 heteroatoms. The number of para-hydroxylation sites is 1. The number of nitrogens with two attached hydrogens (primary N) is 1. The smallest absolute Gasteiger partial charge is 0.250 e. The molecule has 2 aliphatic rings. The van der Waals surface area contributed by atoms with Crippen LogP contribution in [0.15, 0.2) is 24.3 Å². The Balaban J connectivity index is 1.64. The Hall–Kier alpha value is -1.75. The van der Waals surface area contributed by atoms with Gasteiger partial charge in [-0.3, -0.25) is 9.59 Å². The van der Waals surface area contributed by atoms with Gasteiger partial charge < -0.3 is 16.4 Å². The number of primary amides is 1. The van der Waals surface area contributed by atoms with E-state index < -0.39 is 5.91 Å². The van der Waals surface area contributed by atoms with Gasteiger partial charge in [0, 0.05) is 23.7 Å². The molecule has 1 saturated heterocycles. The van der Waals surface area contributed by atoms with Gasteiger partial charge in [-0.05, 0) is 43.7 Å². The molecule has 1 aliphatic carbocycles. The molecular formula is C17H22ClN3O2. The molecular weight excluding hydrogens is 314 g/mol. The maximum atomic E-state index is 12.3. The fraction of sp³-hybridized carbons (Fsp3) is 0.529. The molecule has 4 atom stereocenters. The molecule has 1 heterocycles. The summed E-state index contributed by atoms with van der Waals surface area (Å²) < 4.78 is 0. The Bertz CT molecular complexity index is 607. The first-order chi connectivity index (χ1) is 11.0. The lowest BCUT2D eigenvalue weighted by atomic mass is 9.75. The van der Waals surface area contributed by atoms with Crippen molar-refractivity contribution in [2.75, 3.05) is 11.9 Å². The Morgan fingerprint density at radius 1 is 1.30 bits per heavy atom. The van der Waals surface area contributed by atoms with Crippen LogP contribution in [0.2, 0.25) is 0 Å². The van der Waals surface area contributed by atoms with Crippen LogP contribution in [0.5, 0.6) is 0 Å². The second-order valence-electron chi connectivity index (χ2n) is 6.51. The summed E-state index contributed by atoms with van der Waals surface area (Å²) in [4.78, 5) is 23.7. The van der Waals surface area contributed by atoms with Gasteiger partial charge >= 0.3 is 0 Å². The zero-order valence-corrected chi connectivity index (χ0v) is 13.7. The minimum Gasteiger partial charge on any atom is -0.384 e. The third kappa shape index (κ3) is 3.61. The van der Waals surface area contributed by atoms with E-state index in [9.17, 15) is 9.59 Å². The van der Waals surface area contributed by atoms with E-state index in [0.717, 1.165) is 25.7 Å². The molecule has 0 spiro atoms. The van der Waals surface area contributed by atoms with E-state index in [0.29, 0.717) is 23.7 Å². The summed E-state index contributed by atoms with van der Waals surface area (Å²) in [5.74, 6) is -0.0527. The first-order valence-electron chi connectivity index (χ1n) is 8.11. The van der Waals surface area contributed by atoms with Crippen molar-refractivity contribution < 1.29 is 9.59 Å². The van der Waals surface area contributed by atoms with Crippen LogP contribution in [0.25, 0.3) is 0 Å². The quantitative estimate of drug-likeness (QED) is 0.737. The molecule has 0 radical (unpaired) electrons. The standard InChI is InChI=1S/C17H22ClN3O2/c18-12-5-6-14-10(8-12)7-11(17(23)21-14)9-20-15-4-2-1-3-13(15)16(19)22/h1-4,10-12,14,20H,5-9H2,(H2,19,22)(H,21,23). The van der Waals surface area contributed by atoms with Gasteiger partial charge in [0.1, 0.15) is 0 Å². The molecule has 2 fully saturated rings. The van der Waals surface area contributed by atoms with Gasteiger partial charge in [-0.25, -0.2) is 0 Å². The highest BCUT2D eigenvalue weighted by Gasteiger charge is 2.38. The predicted octanol–water partition coefficient (Wildman–Crippen LogP) is 2.11. The summed E-state index contributed by atoms with van der Waals surface area (Å²) in [6, 6.07) is 7.36. The molecule has 1 aliphatic heterocycles. The van der Waals surface area contributed by atoms with E-state index in [1.807, 2.05) is 6.07 Å². The van der Waals surface area contributed by atoms with Gasteiger partial charge in [0.25, 0.3) is 5.91 Å². The number of rotatable bonds is 4. The van der Waals surface area contributed by atoms with Gasteiger partial charge in [0.2, 0.25) is 5.91 Å². The van der Waals surface area contributed by atoms with Crippen LogP contribution in [0.4, 0.5) is 5.69 Å². The van der Waals surface area contributed by atoms with Gasteiger partial charge in [-0.15, -0.1) is 11.6 Å². The van der Waals surface area contributed by atoms with E-state index >= 15 is 0 Å². The molecule has 5 nitrogen and oxygen atoms in total. The third-order valence-electron chi connectivity index (χ3n) is 4.94. The summed E-state index contributed by atoms with van der Waals surface area (Å²) in [6.45, 7) is 0.492. The molecule has 0 bridgehead atoms. The van der Waals surface area contributed by atoms with Crippen LogP contribution >= 0.6 is 11.6 Å². The Labute approximate surface area is 141 Å². The van der Waals surface area contributed by atoms with Crippen molar-refractivity contribution in [3.63, 3.8) is 0 Å². The van der Waals surface area contributed by atoms with E-state index in [1.54, 1.807) is 18.2 Å². The van der Waals surface area contributed by atoms with Crippen molar-refractivity contribution in [3.8, 4) is 0 Å². The SMILES string of the molecule is NC(=O)c1ccccc1NCC1CC2CC(Cl)CCC2NC1=O. The molecule has 1 aromatic rings. The van der Waals surface area contributed by atoms with Crippen molar-refractivity contribution in [1.29, 1.82) is 0 Å². The minimum absolute atomic E-state index is 0.0864. The molecule has 2 amide bonds. The van der Waals surface area contributed by atoms with Crippen molar-refractivity contribution >= 4 is 29.1 Å². The van der Waals surface area contributed by atoms with Gasteiger partial charge in [0.05, 0.1) is 11.5 Å². The first-order valence-corrected chi connectivity index (χ1v) is 8.55. The van der Waals surface area contributed by atoms with Crippen LogP contribution in [-0.2, 0) is 4.79 Å². The number of nitrogens with one attached hydrogen (secondary N) is 2. The summed E-state index contributed by atoms with van der Waals surface area (Å²) in [5.41, 5.74) is 6.50. The molecule has 1 aromatic carbocycles. The minimum atomic E-state index is -0.474. The molecule has 23 heavy (non-hydrogen) atoms. The third-order valence-corrected chi connectivity index (χ3v) is 5.33. The number of hydrogen-bond donors (Lipinski definition) is 3. The zero-order chi connectivity index (χ0) is 16.4. The van der Waals surface area contributed by atoms with Crippen LogP contribution in [0.1, 0.15) is 36.0 Å². The lowest BCUT2D eigenvalue weighted by molar-refractivity contribution is -0.129. The summed E-state index contributed by atoms with van der Waals surface area (Å²) >= 11 is 6.27. The van der Waals surface area contributed by atoms with Crippen LogP contribution < -0.4 is 16.4 Å². The van der Waals surface area contributed by atoms with E-state index in [-0.39, 0.29) is 23.2 Å². The highest BCUT2D eigenvalue weighted by atomic mass is 35.5. The maximum Gasteiger partial charge on any atom is 0.250 e. The molecule has 4 N–H and O–H groups in total. The number of hydrogen-bond acceptors (Lipinski definition) is 3. The summed E-state index contributed by atoms with van der Waals surface area (Å²) in [6.07, 6.45) is 3.74. The van der Waals surface area contributed by atoms with Gasteiger partial charge in [-0.2, -0.15) is 0 Å². The lowest BCUT2D eigenvalue weighted by Gasteiger charge is -2.41. The van der Waals surface area contributed by atoms with E-state index in [4.69, 9.17) is 17.3 Å². The van der Waals surface area contributed by atoms with Crippen LogP contribution in [0.3, 0.4) is 0 Å². The van der Waals surface area contributed by atoms with Crippen LogP contribution in [-0.4, -0.2) is 29.8 Å². The van der Waals surface area contributed by atoms with Gasteiger partial charge in [0.15, 0.2) is 0 Å². The number of benzene rings is 1. The lowest BCUT2D eigenvalue weighted by Crippen LogP contribution is -2.53. The van der Waals surface area contributed by atoms with E-state index in [2.05, 4.69) is 10.6 Å². The molecule has 1 saturated carbocycles. The highest BCUT2D eigenvalue weighted by Crippen LogP contribution is 2.35. The number of fused-ring (bicyclic) bond motifs is 1. The number of halogens is 1. The van der Waals surface area contributed by atoms with Crippen molar-refractivity contribution in [1.82, 2.24) is 5.32 Å². The van der Waals surface area contributed by atoms with E-state index in [1.165, 1.54) is 0 Å². The largest absolute Gasteiger partial charge is 0.384 e. The number of anilines is 1. The average molecular weight is 336 g/mol. The molecule has 124 valence electrons. The topological polar surface area (TPSA) is 84.2 Å². The molecule has 0 aromatic heterocycles. The average Bonchev–Trinajstić information content (AvgIpc) is 2.53. The van der Waals surface area contributed by atoms with Crippen molar-refractivity contribution in [3.05, 3.63) is 29.8 Å². The summed E-state index contributed by atoms with van der Waals surface area (Å²) in [5, 5.41) is 6.56. The number of alkyl halides is 1. The first kappa shape index (κ1) is 16.1. The molecule has 3 rings (SSSR count). The predicted molar refractivity (Wildman–Crippen MR) is 90.5 cm³/mol. The van der Waals surface area contributed by atoms with Crippen LogP contribution in [0, 0.1) is 11.8 Å². The normalized spacial score (nSPS) is 30.2. The maximum absolute atomic E-state index is 12.3. The van der Waals surface area contributed by atoms with Crippen molar-refractivity contribution in [2.24, 2.45) is 17.6 Å². The number of piperidine rings is 1. The number of carbonyl (C=O) groups is 2. The second-order valence-corrected chi connectivity index (χ2v) is 7.13. The number of carbonyl (C=O) groups excluding carboxylic acids is 2. The number of amides is 2. The Morgan fingerprint density at radius 2 is 2.09 bits per heavy atom. The monoisotopic (exact) mass is 335 g/mol. The highest BCUT2D eigenvalue weighted by molar-refractivity contribution is 6.20. The summed E-state index contributed by atoms with van der Waals surface area (Å²) in [7, 11) is 0. The Morgan fingerprint density at radius 3 is 2.87 bits per heavy atom. The van der Waals surface area contributed by atoms with Crippen molar-refractivity contribution in [2.45, 2.75) is 37.1 Å². The fourth-order valence-corrected chi connectivity index (χ4v) is 4.05. The zero-order valence-electron chi connectivity index (χ0n) is 12.9. The van der Waals surface area contributed by atoms with Gasteiger partial charge in [-0.1, -0.05) is 12.1 Å². The molecule has 4 unspecified atom stereocenters. The second kappa shape index (κ2) is 6.79.